The van der Waals surface area contributed by atoms with Crippen LogP contribution in [-0.2, 0) is 18.9 Å². The summed E-state index contributed by atoms with van der Waals surface area (Å²) in [5.74, 6) is -2.14. The monoisotopic (exact) mass is 556 g/mol. The van der Waals surface area contributed by atoms with Crippen LogP contribution < -0.4 is 9.47 Å². The van der Waals surface area contributed by atoms with Crippen molar-refractivity contribution in [2.24, 2.45) is 0 Å². The Labute approximate surface area is 233 Å². The molecule has 0 amide bonds. The highest BCUT2D eigenvalue weighted by Gasteiger charge is 2.45. The van der Waals surface area contributed by atoms with Crippen LogP contribution in [0.15, 0.2) is 60.7 Å². The van der Waals surface area contributed by atoms with Crippen LogP contribution >= 0.6 is 0 Å². The molecule has 2 aromatic rings. The van der Waals surface area contributed by atoms with E-state index in [1.807, 2.05) is 0 Å². The molecular formula is C30H36O10. The van der Waals surface area contributed by atoms with Gasteiger partial charge in [-0.15, -0.1) is 0 Å². The molecule has 10 heteroatoms. The van der Waals surface area contributed by atoms with E-state index in [9.17, 15) is 19.8 Å². The quantitative estimate of drug-likeness (QED) is 0.195. The van der Waals surface area contributed by atoms with E-state index in [2.05, 4.69) is 0 Å². The second kappa shape index (κ2) is 14.6. The van der Waals surface area contributed by atoms with Gasteiger partial charge in [-0.05, 0) is 56.5 Å². The highest BCUT2D eigenvalue weighted by atomic mass is 16.8. The van der Waals surface area contributed by atoms with Crippen LogP contribution in [0.1, 0.15) is 53.0 Å². The van der Waals surface area contributed by atoms with Crippen LogP contribution in [-0.4, -0.2) is 73.9 Å². The van der Waals surface area contributed by atoms with Gasteiger partial charge in [0.25, 0.3) is 0 Å². The molecule has 3 atom stereocenters. The van der Waals surface area contributed by atoms with Gasteiger partial charge < -0.3 is 38.6 Å². The van der Waals surface area contributed by atoms with Crippen LogP contribution in [0, 0.1) is 0 Å². The zero-order valence-electron chi connectivity index (χ0n) is 23.1. The fraction of sp³-hybridized carbons (Fsp3) is 0.400. The fourth-order valence-electron chi connectivity index (χ4n) is 4.26. The normalized spacial score (nSPS) is 19.1. The third kappa shape index (κ3) is 8.40. The Morgan fingerprint density at radius 1 is 1.10 bits per heavy atom. The number of carboxylic acids is 1. The first-order chi connectivity index (χ1) is 19.2. The van der Waals surface area contributed by atoms with Gasteiger partial charge in [0, 0.05) is 19.8 Å². The molecule has 40 heavy (non-hydrogen) atoms. The minimum absolute atomic E-state index is 0.0452. The Balaban J connectivity index is 1.87. The molecule has 1 saturated heterocycles. The van der Waals surface area contributed by atoms with Crippen molar-refractivity contribution < 1.29 is 48.2 Å². The second-order valence-corrected chi connectivity index (χ2v) is 9.40. The lowest BCUT2D eigenvalue weighted by Crippen LogP contribution is -2.37. The third-order valence-corrected chi connectivity index (χ3v) is 5.97. The van der Waals surface area contributed by atoms with Gasteiger partial charge in [0.1, 0.15) is 29.3 Å². The maximum atomic E-state index is 12.9. The number of rotatable bonds is 14. The van der Waals surface area contributed by atoms with E-state index in [1.54, 1.807) is 74.5 Å². The van der Waals surface area contributed by atoms with Crippen molar-refractivity contribution in [2.45, 2.75) is 50.8 Å². The van der Waals surface area contributed by atoms with Crippen molar-refractivity contribution in [2.75, 3.05) is 27.6 Å². The van der Waals surface area contributed by atoms with E-state index in [0.29, 0.717) is 29.7 Å². The molecule has 0 aromatic heterocycles. The van der Waals surface area contributed by atoms with E-state index in [0.717, 1.165) is 0 Å². The second-order valence-electron chi connectivity index (χ2n) is 9.40. The Morgan fingerprint density at radius 2 is 1.85 bits per heavy atom. The predicted molar refractivity (Wildman–Crippen MR) is 146 cm³/mol. The minimum atomic E-state index is -1.17. The number of hydrogen-bond donors (Lipinski definition) is 2. The van der Waals surface area contributed by atoms with Crippen LogP contribution in [0.3, 0.4) is 0 Å². The van der Waals surface area contributed by atoms with Gasteiger partial charge in [-0.3, -0.25) is 0 Å². The summed E-state index contributed by atoms with van der Waals surface area (Å²) in [5.41, 5.74) is 0.710. The van der Waals surface area contributed by atoms with Crippen LogP contribution in [0.2, 0.25) is 0 Å². The summed E-state index contributed by atoms with van der Waals surface area (Å²) >= 11 is 0. The van der Waals surface area contributed by atoms with Crippen molar-refractivity contribution in [3.8, 4) is 11.5 Å². The summed E-state index contributed by atoms with van der Waals surface area (Å²) in [4.78, 5) is 25.0. The van der Waals surface area contributed by atoms with Crippen molar-refractivity contribution in [3.63, 3.8) is 0 Å². The minimum Gasteiger partial charge on any atom is -0.497 e. The molecule has 0 bridgehead atoms. The topological polar surface area (TPSA) is 130 Å². The largest absolute Gasteiger partial charge is 0.497 e. The average Bonchev–Trinajstić information content (AvgIpc) is 3.25. The van der Waals surface area contributed by atoms with Crippen molar-refractivity contribution >= 4 is 18.0 Å². The summed E-state index contributed by atoms with van der Waals surface area (Å²) < 4.78 is 33.9. The van der Waals surface area contributed by atoms with E-state index in [1.165, 1.54) is 20.3 Å². The molecule has 3 rings (SSSR count). The average molecular weight is 557 g/mol. The summed E-state index contributed by atoms with van der Waals surface area (Å²) in [6, 6.07) is 11.7. The first-order valence-corrected chi connectivity index (χ1v) is 12.8. The summed E-state index contributed by atoms with van der Waals surface area (Å²) in [7, 11) is 2.91. The third-order valence-electron chi connectivity index (χ3n) is 5.97. The Kier molecular flexibility index (Phi) is 11.3. The number of aliphatic hydroxyl groups is 1. The number of aromatic carboxylic acids is 1. The predicted octanol–water partition coefficient (Wildman–Crippen LogP) is 4.46. The lowest BCUT2D eigenvalue weighted by atomic mass is 10.0. The maximum Gasteiger partial charge on any atom is 0.340 e. The van der Waals surface area contributed by atoms with Crippen molar-refractivity contribution in [1.29, 1.82) is 0 Å². The molecule has 2 unspecified atom stereocenters. The van der Waals surface area contributed by atoms with E-state index in [-0.39, 0.29) is 24.7 Å². The number of hydrogen-bond acceptors (Lipinski definition) is 9. The molecule has 1 heterocycles. The molecule has 1 fully saturated rings. The van der Waals surface area contributed by atoms with Crippen molar-refractivity contribution in [1.82, 2.24) is 0 Å². The van der Waals surface area contributed by atoms with Gasteiger partial charge in [0.2, 0.25) is 0 Å². The number of carbonyl (C=O) groups excluding carboxylic acids is 1. The summed E-state index contributed by atoms with van der Waals surface area (Å²) in [6.07, 6.45) is 5.48. The number of aliphatic hydroxyl groups excluding tert-OH is 1. The van der Waals surface area contributed by atoms with Gasteiger partial charge in [0.15, 0.2) is 12.6 Å². The Hall–Kier alpha value is -3.70. The fourth-order valence-corrected chi connectivity index (χ4v) is 4.26. The lowest BCUT2D eigenvalue weighted by molar-refractivity contribution is -0.152. The molecule has 216 valence electrons. The van der Waals surface area contributed by atoms with Gasteiger partial charge in [-0.25, -0.2) is 9.59 Å². The SMILES string of the molecule is COCOc1cc(OC)cc(C=CC[C@@H]2OC(C)(C)OC2C(C=CCCO)OC(=O)c2ccccc2)c1C(=O)O. The van der Waals surface area contributed by atoms with E-state index in [4.69, 9.17) is 28.4 Å². The van der Waals surface area contributed by atoms with Crippen LogP contribution in [0.25, 0.3) is 6.08 Å². The number of methoxy groups -OCH3 is 2. The first-order valence-electron chi connectivity index (χ1n) is 12.8. The molecule has 1 aliphatic rings. The molecule has 0 spiro atoms. The Bertz CT molecular complexity index is 1190. The highest BCUT2D eigenvalue weighted by molar-refractivity contribution is 5.95. The molecular weight excluding hydrogens is 520 g/mol. The number of esters is 1. The number of ether oxygens (including phenoxy) is 6. The molecule has 2 aromatic carbocycles. The molecule has 0 radical (unpaired) electrons. The van der Waals surface area contributed by atoms with Gasteiger partial charge in [0.05, 0.1) is 18.8 Å². The Morgan fingerprint density at radius 3 is 2.50 bits per heavy atom. The molecule has 1 aliphatic heterocycles. The molecule has 0 saturated carbocycles. The van der Waals surface area contributed by atoms with Crippen LogP contribution in [0.5, 0.6) is 11.5 Å². The number of carbonyl (C=O) groups is 2. The smallest absolute Gasteiger partial charge is 0.340 e. The van der Waals surface area contributed by atoms with E-state index < -0.39 is 36.0 Å². The maximum absolute atomic E-state index is 12.9. The summed E-state index contributed by atoms with van der Waals surface area (Å²) in [5, 5.41) is 19.1. The lowest BCUT2D eigenvalue weighted by Gasteiger charge is -2.24. The van der Waals surface area contributed by atoms with Crippen molar-refractivity contribution in [3.05, 3.63) is 77.4 Å². The van der Waals surface area contributed by atoms with Gasteiger partial charge >= 0.3 is 11.9 Å². The zero-order chi connectivity index (χ0) is 29.1. The summed E-state index contributed by atoms with van der Waals surface area (Å²) in [6.45, 7) is 3.34. The van der Waals surface area contributed by atoms with Crippen LogP contribution in [0.4, 0.5) is 0 Å². The van der Waals surface area contributed by atoms with E-state index >= 15 is 0 Å². The van der Waals surface area contributed by atoms with Gasteiger partial charge in [-0.1, -0.05) is 36.4 Å². The molecule has 0 aliphatic carbocycles. The standard InChI is InChI=1S/C30H36O10/c1-30(2)39-24(15-10-13-21-17-22(36-4)18-25(37-19-35-3)26(21)28(32)33)27(40-30)23(14-8-9-16-31)38-29(34)20-11-6-5-7-12-20/h5-8,10-14,17-18,23-24,27,31H,9,15-16,19H2,1-4H3,(H,32,33)/t23?,24-,27?/m0/s1. The molecule has 2 N–H and O–H groups in total. The molecule has 10 nitrogen and oxygen atoms in total. The first kappa shape index (κ1) is 30.8. The highest BCUT2D eigenvalue weighted by Crippen LogP contribution is 2.35. The number of carboxylic acid groups (broad SMARTS) is 1. The number of benzene rings is 2. The zero-order valence-corrected chi connectivity index (χ0v) is 23.1. The van der Waals surface area contributed by atoms with Gasteiger partial charge in [-0.2, -0.15) is 0 Å².